The van der Waals surface area contributed by atoms with Crippen LogP contribution in [0, 0.1) is 10.1 Å². The second kappa shape index (κ2) is 9.07. The van der Waals surface area contributed by atoms with Crippen molar-refractivity contribution < 1.29 is 27.6 Å². The van der Waals surface area contributed by atoms with Crippen molar-refractivity contribution >= 4 is 17.6 Å². The van der Waals surface area contributed by atoms with E-state index in [2.05, 4.69) is 10.5 Å². The standard InChI is InChI=1S/C18H18F3N3O4/c1-3-8-28-17-15(24(25)26)9-12(10-16(17)27-2)11-22-23-14-6-4-13(5-7-14)18(19,20)21/h4-7,9-11,23H,3,8H2,1-2H3. The number of hydrogen-bond donors (Lipinski definition) is 1. The van der Waals surface area contributed by atoms with E-state index in [4.69, 9.17) is 9.47 Å². The number of nitro benzene ring substituents is 1. The Hall–Kier alpha value is -3.30. The molecule has 0 radical (unpaired) electrons. The summed E-state index contributed by atoms with van der Waals surface area (Å²) in [6, 6.07) is 7.08. The number of hydrogen-bond acceptors (Lipinski definition) is 6. The number of anilines is 1. The summed E-state index contributed by atoms with van der Waals surface area (Å²) in [7, 11) is 1.36. The third-order valence-electron chi connectivity index (χ3n) is 3.54. The van der Waals surface area contributed by atoms with E-state index in [1.165, 1.54) is 37.6 Å². The zero-order chi connectivity index (χ0) is 20.7. The minimum atomic E-state index is -4.42. The summed E-state index contributed by atoms with van der Waals surface area (Å²) in [5.74, 6) is 0.209. The van der Waals surface area contributed by atoms with Crippen LogP contribution < -0.4 is 14.9 Å². The number of alkyl halides is 3. The third-order valence-corrected chi connectivity index (χ3v) is 3.54. The van der Waals surface area contributed by atoms with E-state index in [0.29, 0.717) is 24.3 Å². The lowest BCUT2D eigenvalue weighted by Gasteiger charge is -2.11. The van der Waals surface area contributed by atoms with Crippen LogP contribution in [0.1, 0.15) is 24.5 Å². The summed E-state index contributed by atoms with van der Waals surface area (Å²) in [4.78, 5) is 10.7. The number of nitrogens with zero attached hydrogens (tertiary/aromatic N) is 2. The Labute approximate surface area is 158 Å². The smallest absolute Gasteiger partial charge is 0.416 e. The quantitative estimate of drug-likeness (QED) is 0.391. The number of nitrogens with one attached hydrogen (secondary N) is 1. The molecule has 0 aromatic heterocycles. The molecular formula is C18H18F3N3O4. The zero-order valence-electron chi connectivity index (χ0n) is 15.1. The van der Waals surface area contributed by atoms with Crippen LogP contribution in [0.25, 0.3) is 0 Å². The fraction of sp³-hybridized carbons (Fsp3) is 0.278. The monoisotopic (exact) mass is 397 g/mol. The van der Waals surface area contributed by atoms with Crippen molar-refractivity contribution in [3.8, 4) is 11.5 Å². The van der Waals surface area contributed by atoms with Gasteiger partial charge in [-0.3, -0.25) is 15.5 Å². The molecule has 0 bridgehead atoms. The number of ether oxygens (including phenoxy) is 2. The van der Waals surface area contributed by atoms with Gasteiger partial charge in [0.05, 0.1) is 36.1 Å². The molecule has 2 aromatic carbocycles. The van der Waals surface area contributed by atoms with Gasteiger partial charge in [0.25, 0.3) is 0 Å². The first-order chi connectivity index (χ1) is 13.3. The first-order valence-corrected chi connectivity index (χ1v) is 8.21. The Bertz CT molecular complexity index is 852. The van der Waals surface area contributed by atoms with Crippen LogP contribution in [0.3, 0.4) is 0 Å². The Balaban J connectivity index is 2.21. The molecular weight excluding hydrogens is 379 g/mol. The van der Waals surface area contributed by atoms with Crippen molar-refractivity contribution in [3.63, 3.8) is 0 Å². The number of benzene rings is 2. The molecule has 2 rings (SSSR count). The highest BCUT2D eigenvalue weighted by molar-refractivity contribution is 5.83. The molecule has 1 N–H and O–H groups in total. The number of methoxy groups -OCH3 is 1. The predicted molar refractivity (Wildman–Crippen MR) is 98.1 cm³/mol. The van der Waals surface area contributed by atoms with E-state index < -0.39 is 16.7 Å². The van der Waals surface area contributed by atoms with Crippen molar-refractivity contribution in [2.75, 3.05) is 19.1 Å². The Kier molecular flexibility index (Phi) is 6.80. The van der Waals surface area contributed by atoms with Gasteiger partial charge < -0.3 is 9.47 Å². The van der Waals surface area contributed by atoms with Gasteiger partial charge >= 0.3 is 11.9 Å². The maximum Gasteiger partial charge on any atom is 0.416 e. The Morgan fingerprint density at radius 2 is 1.93 bits per heavy atom. The molecule has 0 spiro atoms. The molecule has 0 amide bonds. The second-order valence-electron chi connectivity index (χ2n) is 5.62. The summed E-state index contributed by atoms with van der Waals surface area (Å²) < 4.78 is 48.2. The molecule has 0 aliphatic heterocycles. The van der Waals surface area contributed by atoms with Gasteiger partial charge in [0, 0.05) is 11.6 Å². The molecule has 0 heterocycles. The molecule has 150 valence electrons. The normalized spacial score (nSPS) is 11.5. The average Bonchev–Trinajstić information content (AvgIpc) is 2.65. The van der Waals surface area contributed by atoms with Crippen LogP contribution in [0.15, 0.2) is 41.5 Å². The van der Waals surface area contributed by atoms with E-state index in [0.717, 1.165) is 12.1 Å². The van der Waals surface area contributed by atoms with Crippen LogP contribution in [0.4, 0.5) is 24.5 Å². The summed E-state index contributed by atoms with van der Waals surface area (Å²) in [5.41, 5.74) is 2.20. The lowest BCUT2D eigenvalue weighted by Crippen LogP contribution is -2.04. The molecule has 0 fully saturated rings. The Morgan fingerprint density at radius 3 is 2.46 bits per heavy atom. The highest BCUT2D eigenvalue weighted by Crippen LogP contribution is 2.38. The molecule has 0 unspecified atom stereocenters. The molecule has 0 saturated carbocycles. The van der Waals surface area contributed by atoms with E-state index in [1.807, 2.05) is 6.92 Å². The minimum Gasteiger partial charge on any atom is -0.493 e. The van der Waals surface area contributed by atoms with E-state index >= 15 is 0 Å². The second-order valence-corrected chi connectivity index (χ2v) is 5.62. The van der Waals surface area contributed by atoms with Gasteiger partial charge in [0.15, 0.2) is 5.75 Å². The number of rotatable bonds is 8. The van der Waals surface area contributed by atoms with Crippen molar-refractivity contribution in [3.05, 3.63) is 57.6 Å². The highest BCUT2D eigenvalue weighted by atomic mass is 19.4. The zero-order valence-corrected chi connectivity index (χ0v) is 15.1. The summed E-state index contributed by atoms with van der Waals surface area (Å²) in [6.45, 7) is 2.16. The van der Waals surface area contributed by atoms with Gasteiger partial charge in [-0.15, -0.1) is 0 Å². The van der Waals surface area contributed by atoms with E-state index in [-0.39, 0.29) is 17.2 Å². The number of nitro groups is 1. The lowest BCUT2D eigenvalue weighted by atomic mass is 10.2. The van der Waals surface area contributed by atoms with Gasteiger partial charge in [-0.1, -0.05) is 6.92 Å². The molecule has 2 aromatic rings. The van der Waals surface area contributed by atoms with Crippen LogP contribution in [0.5, 0.6) is 11.5 Å². The summed E-state index contributed by atoms with van der Waals surface area (Å²) in [5, 5.41) is 15.2. The summed E-state index contributed by atoms with van der Waals surface area (Å²) >= 11 is 0. The number of halogens is 3. The molecule has 0 aliphatic carbocycles. The fourth-order valence-corrected chi connectivity index (χ4v) is 2.23. The lowest BCUT2D eigenvalue weighted by molar-refractivity contribution is -0.386. The third kappa shape index (κ3) is 5.35. The van der Waals surface area contributed by atoms with Gasteiger partial charge in [-0.2, -0.15) is 18.3 Å². The van der Waals surface area contributed by atoms with Gasteiger partial charge in [-0.25, -0.2) is 0 Å². The number of hydrazone groups is 1. The van der Waals surface area contributed by atoms with E-state index in [1.54, 1.807) is 0 Å². The average molecular weight is 397 g/mol. The maximum atomic E-state index is 12.6. The van der Waals surface area contributed by atoms with Gasteiger partial charge in [0.2, 0.25) is 5.75 Å². The van der Waals surface area contributed by atoms with Crippen molar-refractivity contribution in [1.82, 2.24) is 0 Å². The molecule has 28 heavy (non-hydrogen) atoms. The molecule has 7 nitrogen and oxygen atoms in total. The largest absolute Gasteiger partial charge is 0.493 e. The minimum absolute atomic E-state index is 0.0298. The van der Waals surface area contributed by atoms with Gasteiger partial charge in [-0.05, 0) is 36.8 Å². The highest BCUT2D eigenvalue weighted by Gasteiger charge is 2.29. The summed E-state index contributed by atoms with van der Waals surface area (Å²) in [6.07, 6.45) is -2.46. The molecule has 0 aliphatic rings. The Morgan fingerprint density at radius 1 is 1.25 bits per heavy atom. The maximum absolute atomic E-state index is 12.6. The van der Waals surface area contributed by atoms with Crippen LogP contribution in [-0.4, -0.2) is 24.9 Å². The topological polar surface area (TPSA) is 86.0 Å². The van der Waals surface area contributed by atoms with Gasteiger partial charge in [0.1, 0.15) is 0 Å². The van der Waals surface area contributed by atoms with Crippen LogP contribution in [0.2, 0.25) is 0 Å². The van der Waals surface area contributed by atoms with Crippen LogP contribution in [-0.2, 0) is 6.18 Å². The van der Waals surface area contributed by atoms with Crippen molar-refractivity contribution in [2.24, 2.45) is 5.10 Å². The van der Waals surface area contributed by atoms with Crippen LogP contribution >= 0.6 is 0 Å². The molecule has 10 heteroatoms. The molecule has 0 atom stereocenters. The predicted octanol–water partition coefficient (Wildman–Crippen LogP) is 4.86. The first kappa shape index (κ1) is 21.0. The SMILES string of the molecule is CCCOc1c(OC)cc(C=NNc2ccc(C(F)(F)F)cc2)cc1[N+](=O)[O-]. The van der Waals surface area contributed by atoms with E-state index in [9.17, 15) is 23.3 Å². The van der Waals surface area contributed by atoms with Crippen molar-refractivity contribution in [1.29, 1.82) is 0 Å². The first-order valence-electron chi connectivity index (χ1n) is 8.21. The fourth-order valence-electron chi connectivity index (χ4n) is 2.23. The molecule has 0 saturated heterocycles. The van der Waals surface area contributed by atoms with Crippen molar-refractivity contribution in [2.45, 2.75) is 19.5 Å².